The predicted molar refractivity (Wildman–Crippen MR) is 102 cm³/mol. The zero-order chi connectivity index (χ0) is 18.7. The summed E-state index contributed by atoms with van der Waals surface area (Å²) in [6.45, 7) is 3.95. The first-order chi connectivity index (χ1) is 11.7. The van der Waals surface area contributed by atoms with Crippen molar-refractivity contribution in [2.45, 2.75) is 19.8 Å². The number of hydrogen-bond acceptors (Lipinski definition) is 4. The van der Waals surface area contributed by atoms with Crippen LogP contribution in [-0.2, 0) is 9.59 Å². The molecule has 0 aromatic heterocycles. The molecule has 0 saturated carbocycles. The van der Waals surface area contributed by atoms with Gasteiger partial charge in [0.05, 0.1) is 8.95 Å². The van der Waals surface area contributed by atoms with Gasteiger partial charge in [0.1, 0.15) is 11.5 Å². The van der Waals surface area contributed by atoms with Crippen molar-refractivity contribution in [2.75, 3.05) is 5.32 Å². The minimum atomic E-state index is -1.07. The Morgan fingerprint density at radius 1 is 1.16 bits per heavy atom. The van der Waals surface area contributed by atoms with E-state index in [1.54, 1.807) is 30.3 Å². The van der Waals surface area contributed by atoms with Crippen LogP contribution in [0.5, 0.6) is 17.2 Å². The molecule has 2 aromatic rings. The smallest absolute Gasteiger partial charge is 0.313 e. The van der Waals surface area contributed by atoms with Gasteiger partial charge >= 0.3 is 11.8 Å². The third-order valence-corrected chi connectivity index (χ3v) is 4.50. The summed E-state index contributed by atoms with van der Waals surface area (Å²) in [5, 5.41) is 12.3. The number of rotatable bonds is 4. The van der Waals surface area contributed by atoms with Crippen molar-refractivity contribution < 1.29 is 19.4 Å². The molecule has 25 heavy (non-hydrogen) atoms. The molecule has 0 radical (unpaired) electrons. The summed E-state index contributed by atoms with van der Waals surface area (Å²) in [5.41, 5.74) is 6.07. The first-order valence-corrected chi connectivity index (χ1v) is 8.88. The van der Waals surface area contributed by atoms with Gasteiger partial charge in [-0.05, 0) is 68.1 Å². The zero-order valence-electron chi connectivity index (χ0n) is 13.5. The van der Waals surface area contributed by atoms with Crippen LogP contribution in [0.3, 0.4) is 0 Å². The Labute approximate surface area is 161 Å². The molecular weight excluding hydrogens is 456 g/mol. The molecule has 0 atom stereocenters. The quantitative estimate of drug-likeness (QED) is 0.580. The minimum Gasteiger partial charge on any atom is -0.508 e. The monoisotopic (exact) mass is 470 g/mol. The number of anilines is 1. The number of benzene rings is 2. The molecule has 2 rings (SSSR count). The van der Waals surface area contributed by atoms with Crippen LogP contribution in [0.2, 0.25) is 0 Å². The molecule has 2 amide bonds. The normalized spacial score (nSPS) is 10.6. The van der Waals surface area contributed by atoms with E-state index in [0.717, 1.165) is 5.56 Å². The highest BCUT2D eigenvalue weighted by atomic mass is 79.9. The van der Waals surface area contributed by atoms with Gasteiger partial charge in [0.25, 0.3) is 0 Å². The second-order valence-electron chi connectivity index (χ2n) is 5.56. The van der Waals surface area contributed by atoms with Crippen LogP contribution >= 0.6 is 31.9 Å². The summed E-state index contributed by atoms with van der Waals surface area (Å²) in [6.07, 6.45) is 0. The number of halogens is 2. The fourth-order valence-electron chi connectivity index (χ4n) is 2.10. The van der Waals surface area contributed by atoms with Gasteiger partial charge in [-0.3, -0.25) is 9.59 Å². The third kappa shape index (κ3) is 4.73. The lowest BCUT2D eigenvalue weighted by Gasteiger charge is -2.14. The average molecular weight is 472 g/mol. The van der Waals surface area contributed by atoms with E-state index in [1.165, 1.54) is 0 Å². The second kappa shape index (κ2) is 7.88. The summed E-state index contributed by atoms with van der Waals surface area (Å²) < 4.78 is 7.00. The molecule has 0 heterocycles. The van der Waals surface area contributed by atoms with Gasteiger partial charge in [-0.15, -0.1) is 0 Å². The first kappa shape index (κ1) is 19.3. The van der Waals surface area contributed by atoms with Gasteiger partial charge in [0, 0.05) is 11.3 Å². The molecule has 4 N–H and O–H groups in total. The van der Waals surface area contributed by atoms with Gasteiger partial charge in [0.15, 0.2) is 5.75 Å². The predicted octanol–water partition coefficient (Wildman–Crippen LogP) is 4.26. The Hall–Kier alpha value is -2.06. The van der Waals surface area contributed by atoms with Crippen molar-refractivity contribution in [3.63, 3.8) is 0 Å². The molecule has 132 valence electrons. The van der Waals surface area contributed by atoms with E-state index in [2.05, 4.69) is 37.2 Å². The Morgan fingerprint density at radius 3 is 2.28 bits per heavy atom. The van der Waals surface area contributed by atoms with E-state index >= 15 is 0 Å². The summed E-state index contributed by atoms with van der Waals surface area (Å²) in [6, 6.07) is 8.17. The topological polar surface area (TPSA) is 102 Å². The number of carbonyl (C=O) groups excluding carboxylic acids is 2. The largest absolute Gasteiger partial charge is 0.508 e. The van der Waals surface area contributed by atoms with E-state index < -0.39 is 11.8 Å². The number of ether oxygens (including phenoxy) is 1. The van der Waals surface area contributed by atoms with Crippen LogP contribution in [0, 0.1) is 0 Å². The maximum absolute atomic E-state index is 11.4. The number of aromatic hydroxyl groups is 1. The molecule has 8 heteroatoms. The number of phenolic OH excluding ortho intramolecular Hbond substituents is 1. The molecule has 0 saturated heterocycles. The van der Waals surface area contributed by atoms with E-state index in [-0.39, 0.29) is 11.7 Å². The van der Waals surface area contributed by atoms with Crippen LogP contribution in [-0.4, -0.2) is 16.9 Å². The highest BCUT2D eigenvalue weighted by Gasteiger charge is 2.15. The number of amides is 2. The van der Waals surface area contributed by atoms with Crippen molar-refractivity contribution in [1.82, 2.24) is 0 Å². The molecule has 0 aliphatic rings. The highest BCUT2D eigenvalue weighted by molar-refractivity contribution is 9.11. The number of nitrogens with one attached hydrogen (secondary N) is 1. The molecule has 0 fully saturated rings. The Morgan fingerprint density at radius 2 is 1.76 bits per heavy atom. The molecule has 0 aliphatic carbocycles. The summed E-state index contributed by atoms with van der Waals surface area (Å²) >= 11 is 6.74. The van der Waals surface area contributed by atoms with Gasteiger partial charge in [-0.1, -0.05) is 13.8 Å². The molecular formula is C17H16Br2N2O4. The van der Waals surface area contributed by atoms with Crippen LogP contribution < -0.4 is 15.8 Å². The molecule has 6 nitrogen and oxygen atoms in total. The molecule has 0 spiro atoms. The zero-order valence-corrected chi connectivity index (χ0v) is 16.6. The number of hydrogen-bond donors (Lipinski definition) is 3. The first-order valence-electron chi connectivity index (χ1n) is 7.29. The van der Waals surface area contributed by atoms with E-state index in [1.807, 2.05) is 13.8 Å². The second-order valence-corrected chi connectivity index (χ2v) is 7.27. The number of carbonyl (C=O) groups is 2. The number of primary amides is 1. The van der Waals surface area contributed by atoms with Crippen molar-refractivity contribution >= 4 is 49.4 Å². The SMILES string of the molecule is CC(C)c1cc(Oc2c(Br)cc(NC(=O)C(N)=O)cc2Br)ccc1O. The Balaban J connectivity index is 2.30. The van der Waals surface area contributed by atoms with Crippen LogP contribution in [0.15, 0.2) is 39.3 Å². The lowest BCUT2D eigenvalue weighted by atomic mass is 10.0. The molecule has 0 aliphatic heterocycles. The van der Waals surface area contributed by atoms with Crippen molar-refractivity contribution in [3.8, 4) is 17.2 Å². The minimum absolute atomic E-state index is 0.141. The van der Waals surface area contributed by atoms with Crippen molar-refractivity contribution in [1.29, 1.82) is 0 Å². The maximum atomic E-state index is 11.4. The lowest BCUT2D eigenvalue weighted by Crippen LogP contribution is -2.29. The van der Waals surface area contributed by atoms with Crippen LogP contribution in [0.4, 0.5) is 5.69 Å². The fourth-order valence-corrected chi connectivity index (χ4v) is 3.45. The highest BCUT2D eigenvalue weighted by Crippen LogP contribution is 2.40. The van der Waals surface area contributed by atoms with E-state index in [4.69, 9.17) is 10.5 Å². The van der Waals surface area contributed by atoms with Crippen LogP contribution in [0.1, 0.15) is 25.3 Å². The number of nitrogens with two attached hydrogens (primary N) is 1. The third-order valence-electron chi connectivity index (χ3n) is 3.32. The maximum Gasteiger partial charge on any atom is 0.313 e. The van der Waals surface area contributed by atoms with Crippen LogP contribution in [0.25, 0.3) is 0 Å². The molecule has 2 aromatic carbocycles. The van der Waals surface area contributed by atoms with Crippen molar-refractivity contribution in [2.24, 2.45) is 5.73 Å². The average Bonchev–Trinajstić information content (AvgIpc) is 2.52. The Kier molecular flexibility index (Phi) is 6.07. The summed E-state index contributed by atoms with van der Waals surface area (Å²) in [7, 11) is 0. The van der Waals surface area contributed by atoms with Gasteiger partial charge in [0.2, 0.25) is 0 Å². The van der Waals surface area contributed by atoms with E-state index in [0.29, 0.717) is 26.1 Å². The summed E-state index contributed by atoms with van der Waals surface area (Å²) in [5.74, 6) is -0.591. The fraction of sp³-hybridized carbons (Fsp3) is 0.176. The lowest BCUT2D eigenvalue weighted by molar-refractivity contribution is -0.134. The molecule has 0 bridgehead atoms. The summed E-state index contributed by atoms with van der Waals surface area (Å²) in [4.78, 5) is 22.2. The Bertz CT molecular complexity index is 814. The van der Waals surface area contributed by atoms with E-state index in [9.17, 15) is 14.7 Å². The van der Waals surface area contributed by atoms with Crippen molar-refractivity contribution in [3.05, 3.63) is 44.8 Å². The standard InChI is InChI=1S/C17H16Br2N2O4/c1-8(2)11-7-10(3-4-14(11)22)25-15-12(18)5-9(6-13(15)19)21-17(24)16(20)23/h3-8,22H,1-2H3,(H2,20,23)(H,21,24). The van der Waals surface area contributed by atoms with Gasteiger partial charge in [-0.2, -0.15) is 0 Å². The molecule has 0 unspecified atom stereocenters. The number of phenols is 1. The van der Waals surface area contributed by atoms with Gasteiger partial charge < -0.3 is 20.9 Å². The van der Waals surface area contributed by atoms with Gasteiger partial charge in [-0.25, -0.2) is 0 Å².